The summed E-state index contributed by atoms with van der Waals surface area (Å²) < 4.78 is 35.3. The summed E-state index contributed by atoms with van der Waals surface area (Å²) in [5.41, 5.74) is 0.501. The largest absolute Gasteiger partial charge is 0.497 e. The Labute approximate surface area is 213 Å². The molecule has 196 valence electrons. The fourth-order valence-corrected chi connectivity index (χ4v) is 5.08. The third kappa shape index (κ3) is 8.75. The molecular formula is C26H37N4O5P. The molecule has 0 bridgehead atoms. The molecule has 3 aromatic rings. The Hall–Kier alpha value is -2.71. The highest BCUT2D eigenvalue weighted by molar-refractivity contribution is 7.48. The molecule has 0 aliphatic carbocycles. The van der Waals surface area contributed by atoms with E-state index in [0.717, 1.165) is 22.2 Å². The smallest absolute Gasteiger partial charge is 0.475 e. The molecule has 9 nitrogen and oxygen atoms in total. The van der Waals surface area contributed by atoms with Crippen molar-refractivity contribution in [1.82, 2.24) is 9.97 Å². The van der Waals surface area contributed by atoms with Crippen molar-refractivity contribution in [2.24, 2.45) is 0 Å². The van der Waals surface area contributed by atoms with E-state index in [-0.39, 0.29) is 6.61 Å². The van der Waals surface area contributed by atoms with Crippen LogP contribution in [0.3, 0.4) is 0 Å². The van der Waals surface area contributed by atoms with Gasteiger partial charge in [-0.3, -0.25) is 13.6 Å². The van der Waals surface area contributed by atoms with Crippen LogP contribution in [0, 0.1) is 0 Å². The zero-order chi connectivity index (χ0) is 26.4. The number of ether oxygens (including phenoxy) is 1. The Morgan fingerprint density at radius 3 is 2.11 bits per heavy atom. The van der Waals surface area contributed by atoms with Crippen molar-refractivity contribution >= 4 is 30.5 Å². The number of fused-ring (bicyclic) bond motifs is 1. The number of phosphoric acid groups is 1. The first-order valence-electron chi connectivity index (χ1n) is 11.9. The summed E-state index contributed by atoms with van der Waals surface area (Å²) in [4.78, 5) is 9.26. The van der Waals surface area contributed by atoms with Crippen molar-refractivity contribution in [2.75, 3.05) is 30.9 Å². The molecule has 0 saturated heterocycles. The second-order valence-electron chi connectivity index (χ2n) is 10.2. The fourth-order valence-electron chi connectivity index (χ4n) is 3.28. The maximum absolute atomic E-state index is 13.2. The molecule has 0 fully saturated rings. The zero-order valence-corrected chi connectivity index (χ0v) is 23.0. The van der Waals surface area contributed by atoms with E-state index in [4.69, 9.17) is 18.3 Å². The second-order valence-corrected chi connectivity index (χ2v) is 11.7. The monoisotopic (exact) mass is 516 g/mol. The minimum atomic E-state index is -3.79. The molecule has 0 radical (unpaired) electrons. The molecule has 10 heteroatoms. The minimum Gasteiger partial charge on any atom is -0.497 e. The van der Waals surface area contributed by atoms with Gasteiger partial charge in [0.1, 0.15) is 11.6 Å². The van der Waals surface area contributed by atoms with Crippen LogP contribution in [-0.4, -0.2) is 41.4 Å². The second kappa shape index (κ2) is 11.6. The van der Waals surface area contributed by atoms with Gasteiger partial charge in [-0.1, -0.05) is 24.3 Å². The Morgan fingerprint density at radius 2 is 1.50 bits per heavy atom. The van der Waals surface area contributed by atoms with Gasteiger partial charge in [0.25, 0.3) is 0 Å². The first-order valence-corrected chi connectivity index (χ1v) is 13.4. The van der Waals surface area contributed by atoms with Crippen LogP contribution in [0.1, 0.15) is 47.1 Å². The third-order valence-corrected chi connectivity index (χ3v) is 6.67. The number of phosphoric ester groups is 1. The van der Waals surface area contributed by atoms with Gasteiger partial charge in [0.05, 0.1) is 30.4 Å². The molecule has 0 amide bonds. The van der Waals surface area contributed by atoms with Crippen molar-refractivity contribution in [3.05, 3.63) is 54.1 Å². The number of anilines is 2. The highest BCUT2D eigenvalue weighted by Gasteiger charge is 2.37. The number of nitrogens with one attached hydrogen (secondary N) is 2. The molecule has 0 aliphatic rings. The van der Waals surface area contributed by atoms with Gasteiger partial charge < -0.3 is 15.4 Å². The number of nitrogens with zero attached hydrogens (tertiary/aromatic N) is 2. The van der Waals surface area contributed by atoms with Crippen LogP contribution in [0.15, 0.2) is 48.5 Å². The van der Waals surface area contributed by atoms with Crippen LogP contribution in [0.25, 0.3) is 10.9 Å². The van der Waals surface area contributed by atoms with Crippen molar-refractivity contribution in [2.45, 2.75) is 59.3 Å². The summed E-state index contributed by atoms with van der Waals surface area (Å²) >= 11 is 0. The summed E-state index contributed by atoms with van der Waals surface area (Å²) in [7, 11) is -2.14. The van der Waals surface area contributed by atoms with Crippen LogP contribution in [0.4, 0.5) is 11.8 Å². The summed E-state index contributed by atoms with van der Waals surface area (Å²) in [5.74, 6) is 1.95. The standard InChI is InChI=1S/C26H37N4O5P/c1-25(2,3)34-36(31,35-26(4,5)6)33-17-16-27-24-29-22-11-9-8-10-21(22)23(30-24)28-18-19-12-14-20(32-7)15-13-19/h8-15H,16-18H2,1-7H3,(H2,27,28,29,30). The third-order valence-electron chi connectivity index (χ3n) is 4.63. The predicted octanol–water partition coefficient (Wildman–Crippen LogP) is 6.42. The molecule has 2 N–H and O–H groups in total. The quantitative estimate of drug-likeness (QED) is 0.221. The lowest BCUT2D eigenvalue weighted by Crippen LogP contribution is -2.25. The van der Waals surface area contributed by atoms with E-state index in [1.54, 1.807) is 48.7 Å². The number of hydrogen-bond acceptors (Lipinski definition) is 9. The molecule has 36 heavy (non-hydrogen) atoms. The van der Waals surface area contributed by atoms with E-state index in [1.807, 2.05) is 48.5 Å². The molecule has 0 atom stereocenters. The molecule has 0 saturated carbocycles. The van der Waals surface area contributed by atoms with Crippen molar-refractivity contribution in [1.29, 1.82) is 0 Å². The number of aromatic nitrogens is 2. The lowest BCUT2D eigenvalue weighted by molar-refractivity contribution is 0.00457. The summed E-state index contributed by atoms with van der Waals surface area (Å²) in [6.45, 7) is 11.8. The Balaban J connectivity index is 1.68. The molecular weight excluding hydrogens is 479 g/mol. The van der Waals surface area contributed by atoms with Gasteiger partial charge in [-0.25, -0.2) is 9.55 Å². The molecule has 3 rings (SSSR count). The van der Waals surface area contributed by atoms with Gasteiger partial charge in [-0.2, -0.15) is 4.98 Å². The van der Waals surface area contributed by atoms with Gasteiger partial charge in [0.2, 0.25) is 5.95 Å². The molecule has 2 aromatic carbocycles. The molecule has 0 aliphatic heterocycles. The van der Waals surface area contributed by atoms with Crippen molar-refractivity contribution in [3.63, 3.8) is 0 Å². The SMILES string of the molecule is COc1ccc(CNc2nc(NCCOP(=O)(OC(C)(C)C)OC(C)(C)C)nc3ccccc23)cc1. The average Bonchev–Trinajstić information content (AvgIpc) is 2.78. The lowest BCUT2D eigenvalue weighted by Gasteiger charge is -2.30. The maximum Gasteiger partial charge on any atom is 0.475 e. The topological polar surface area (TPSA) is 104 Å². The number of para-hydroxylation sites is 1. The van der Waals surface area contributed by atoms with Gasteiger partial charge in [0, 0.05) is 18.5 Å². The first kappa shape index (κ1) is 27.9. The lowest BCUT2D eigenvalue weighted by atomic mass is 10.2. The Kier molecular flexibility index (Phi) is 8.95. The van der Waals surface area contributed by atoms with Crippen LogP contribution in [0.5, 0.6) is 5.75 Å². The fraction of sp³-hybridized carbons (Fsp3) is 0.462. The highest BCUT2D eigenvalue weighted by atomic mass is 31.2. The normalized spacial score (nSPS) is 12.5. The van der Waals surface area contributed by atoms with E-state index in [9.17, 15) is 4.57 Å². The Bertz CT molecular complexity index is 1170. The summed E-state index contributed by atoms with van der Waals surface area (Å²) in [6.07, 6.45) is 0. The van der Waals surface area contributed by atoms with E-state index in [1.165, 1.54) is 0 Å². The van der Waals surface area contributed by atoms with Crippen molar-refractivity contribution < 1.29 is 22.9 Å². The average molecular weight is 517 g/mol. The van der Waals surface area contributed by atoms with Crippen LogP contribution >= 0.6 is 7.82 Å². The van der Waals surface area contributed by atoms with E-state index in [2.05, 4.69) is 20.6 Å². The molecule has 0 spiro atoms. The van der Waals surface area contributed by atoms with Gasteiger partial charge in [0.15, 0.2) is 0 Å². The van der Waals surface area contributed by atoms with Crippen molar-refractivity contribution in [3.8, 4) is 5.75 Å². The van der Waals surface area contributed by atoms with Gasteiger partial charge in [-0.15, -0.1) is 0 Å². The predicted molar refractivity (Wildman–Crippen MR) is 144 cm³/mol. The first-order chi connectivity index (χ1) is 16.9. The summed E-state index contributed by atoms with van der Waals surface area (Å²) in [6, 6.07) is 15.6. The Morgan fingerprint density at radius 1 is 0.861 bits per heavy atom. The van der Waals surface area contributed by atoms with Crippen LogP contribution in [-0.2, 0) is 24.7 Å². The number of methoxy groups -OCH3 is 1. The van der Waals surface area contributed by atoms with Gasteiger partial charge >= 0.3 is 7.82 Å². The molecule has 1 heterocycles. The maximum atomic E-state index is 13.2. The molecule has 1 aromatic heterocycles. The highest BCUT2D eigenvalue weighted by Crippen LogP contribution is 2.55. The number of benzene rings is 2. The minimum absolute atomic E-state index is 0.0776. The summed E-state index contributed by atoms with van der Waals surface area (Å²) in [5, 5.41) is 7.46. The molecule has 0 unspecified atom stereocenters. The number of hydrogen-bond donors (Lipinski definition) is 2. The zero-order valence-electron chi connectivity index (χ0n) is 22.1. The van der Waals surface area contributed by atoms with E-state index >= 15 is 0 Å². The van der Waals surface area contributed by atoms with Crippen LogP contribution in [0.2, 0.25) is 0 Å². The van der Waals surface area contributed by atoms with E-state index in [0.29, 0.717) is 24.9 Å². The van der Waals surface area contributed by atoms with Crippen LogP contribution < -0.4 is 15.4 Å². The van der Waals surface area contributed by atoms with Gasteiger partial charge in [-0.05, 0) is 71.4 Å². The number of rotatable bonds is 11. The van der Waals surface area contributed by atoms with E-state index < -0.39 is 19.0 Å².